The summed E-state index contributed by atoms with van der Waals surface area (Å²) in [5, 5.41) is 3.05. The first-order chi connectivity index (χ1) is 12.6. The molecule has 1 fully saturated rings. The summed E-state index contributed by atoms with van der Waals surface area (Å²) in [7, 11) is 1.63. The summed E-state index contributed by atoms with van der Waals surface area (Å²) in [5.74, 6) is 1.47. The highest BCUT2D eigenvalue weighted by Crippen LogP contribution is 2.24. The minimum absolute atomic E-state index is 0.0596. The van der Waals surface area contributed by atoms with Crippen molar-refractivity contribution in [3.8, 4) is 5.75 Å². The highest BCUT2D eigenvalue weighted by Gasteiger charge is 2.27. The van der Waals surface area contributed by atoms with E-state index in [1.165, 1.54) is 0 Å². The van der Waals surface area contributed by atoms with E-state index in [0.29, 0.717) is 19.0 Å². The number of piperidine rings is 1. The van der Waals surface area contributed by atoms with E-state index < -0.39 is 0 Å². The lowest BCUT2D eigenvalue weighted by molar-refractivity contribution is -0.125. The van der Waals surface area contributed by atoms with Gasteiger partial charge >= 0.3 is 0 Å². The number of rotatable bonds is 5. The predicted octanol–water partition coefficient (Wildman–Crippen LogP) is 3.09. The fourth-order valence-corrected chi connectivity index (χ4v) is 3.58. The second-order valence-corrected chi connectivity index (χ2v) is 7.37. The van der Waals surface area contributed by atoms with Gasteiger partial charge in [-0.2, -0.15) is 0 Å². The first-order valence-electron chi connectivity index (χ1n) is 8.71. The van der Waals surface area contributed by atoms with E-state index in [1.54, 1.807) is 13.3 Å². The average molecular weight is 419 g/mol. The number of methoxy groups -OCH3 is 1. The molecule has 0 aliphatic carbocycles. The molecule has 7 heteroatoms. The molecule has 0 spiro atoms. The molecule has 1 unspecified atom stereocenters. The lowest BCUT2D eigenvalue weighted by Crippen LogP contribution is -2.43. The molecule has 6 nitrogen and oxygen atoms in total. The van der Waals surface area contributed by atoms with Crippen LogP contribution in [0.4, 0.5) is 5.95 Å². The van der Waals surface area contributed by atoms with Crippen molar-refractivity contribution in [2.24, 2.45) is 5.92 Å². The average Bonchev–Trinajstić information content (AvgIpc) is 2.66. The van der Waals surface area contributed by atoms with Gasteiger partial charge in [0.25, 0.3) is 0 Å². The zero-order valence-electron chi connectivity index (χ0n) is 15.0. The number of hydrogen-bond donors (Lipinski definition) is 1. The molecule has 1 aromatic heterocycles. The van der Waals surface area contributed by atoms with Crippen LogP contribution in [0.25, 0.3) is 0 Å². The van der Waals surface area contributed by atoms with Crippen molar-refractivity contribution < 1.29 is 9.53 Å². The van der Waals surface area contributed by atoms with E-state index in [0.717, 1.165) is 40.9 Å². The zero-order chi connectivity index (χ0) is 18.5. The van der Waals surface area contributed by atoms with Crippen LogP contribution in [0.1, 0.15) is 24.1 Å². The summed E-state index contributed by atoms with van der Waals surface area (Å²) >= 11 is 3.46. The van der Waals surface area contributed by atoms with Crippen LogP contribution in [-0.2, 0) is 11.3 Å². The molecule has 0 radical (unpaired) electrons. The number of aryl methyl sites for hydroxylation is 1. The predicted molar refractivity (Wildman–Crippen MR) is 104 cm³/mol. The summed E-state index contributed by atoms with van der Waals surface area (Å²) < 4.78 is 6.33. The molecular formula is C19H23BrN4O2. The molecule has 1 atom stereocenters. The molecule has 3 rings (SSSR count). The third-order valence-corrected chi connectivity index (χ3v) is 5.05. The Hall–Kier alpha value is -2.15. The molecule has 2 aromatic rings. The van der Waals surface area contributed by atoms with Crippen molar-refractivity contribution in [3.63, 3.8) is 0 Å². The zero-order valence-corrected chi connectivity index (χ0v) is 16.6. The van der Waals surface area contributed by atoms with Crippen LogP contribution in [0, 0.1) is 12.8 Å². The Bertz CT molecular complexity index is 784. The summed E-state index contributed by atoms with van der Waals surface area (Å²) in [6.07, 6.45) is 3.60. The third-order valence-electron chi connectivity index (χ3n) is 4.55. The number of anilines is 1. The maximum absolute atomic E-state index is 12.7. The van der Waals surface area contributed by atoms with Gasteiger partial charge < -0.3 is 15.0 Å². The molecule has 26 heavy (non-hydrogen) atoms. The number of amides is 1. The first kappa shape index (κ1) is 18.6. The smallest absolute Gasteiger partial charge is 0.225 e. The fourth-order valence-electron chi connectivity index (χ4n) is 3.17. The molecule has 1 aliphatic rings. The molecule has 1 aliphatic heterocycles. The van der Waals surface area contributed by atoms with Crippen LogP contribution < -0.4 is 15.0 Å². The number of ether oxygens (including phenoxy) is 1. The minimum atomic E-state index is -0.0639. The quantitative estimate of drug-likeness (QED) is 0.807. The molecule has 138 valence electrons. The van der Waals surface area contributed by atoms with Crippen LogP contribution in [0.5, 0.6) is 5.75 Å². The maximum atomic E-state index is 12.7. The van der Waals surface area contributed by atoms with Gasteiger partial charge in [0.1, 0.15) is 5.75 Å². The number of halogens is 1. The molecule has 0 saturated carbocycles. The van der Waals surface area contributed by atoms with E-state index in [2.05, 4.69) is 36.1 Å². The fraction of sp³-hybridized carbons (Fsp3) is 0.421. The van der Waals surface area contributed by atoms with Gasteiger partial charge in [0.05, 0.1) is 13.0 Å². The number of nitrogens with one attached hydrogen (secondary N) is 1. The summed E-state index contributed by atoms with van der Waals surface area (Å²) in [6, 6.07) is 7.66. The van der Waals surface area contributed by atoms with E-state index in [-0.39, 0.29) is 11.8 Å². The Labute approximate surface area is 162 Å². The van der Waals surface area contributed by atoms with Crippen LogP contribution in [-0.4, -0.2) is 36.1 Å². The number of benzene rings is 1. The van der Waals surface area contributed by atoms with Gasteiger partial charge in [-0.1, -0.05) is 15.9 Å². The SMILES string of the molecule is COc1ccc(Br)cc1CNC(=O)C1CCCN(c2nccc(C)n2)C1. The monoisotopic (exact) mass is 418 g/mol. The van der Waals surface area contributed by atoms with Crippen molar-refractivity contribution in [3.05, 3.63) is 46.2 Å². The lowest BCUT2D eigenvalue weighted by atomic mass is 9.97. The molecule has 1 aromatic carbocycles. The Morgan fingerprint density at radius 1 is 1.42 bits per heavy atom. The largest absolute Gasteiger partial charge is 0.496 e. The van der Waals surface area contributed by atoms with Crippen LogP contribution in [0.3, 0.4) is 0 Å². The number of nitrogens with zero attached hydrogens (tertiary/aromatic N) is 3. The van der Waals surface area contributed by atoms with Crippen LogP contribution >= 0.6 is 15.9 Å². The highest BCUT2D eigenvalue weighted by atomic mass is 79.9. The Morgan fingerprint density at radius 3 is 3.04 bits per heavy atom. The van der Waals surface area contributed by atoms with Crippen molar-refractivity contribution in [1.29, 1.82) is 0 Å². The van der Waals surface area contributed by atoms with Gasteiger partial charge in [0.15, 0.2) is 0 Å². The summed E-state index contributed by atoms with van der Waals surface area (Å²) in [5.41, 5.74) is 1.88. The second-order valence-electron chi connectivity index (χ2n) is 6.46. The van der Waals surface area contributed by atoms with Crippen molar-refractivity contribution in [1.82, 2.24) is 15.3 Å². The number of carbonyl (C=O) groups excluding carboxylic acids is 1. The van der Waals surface area contributed by atoms with Gasteiger partial charge in [-0.25, -0.2) is 9.97 Å². The van der Waals surface area contributed by atoms with E-state index in [4.69, 9.17) is 4.74 Å². The summed E-state index contributed by atoms with van der Waals surface area (Å²) in [6.45, 7) is 3.92. The standard InChI is InChI=1S/C19H23BrN4O2/c1-13-7-8-21-19(23-13)24-9-3-4-14(12-24)18(25)22-11-15-10-16(20)5-6-17(15)26-2/h5-8,10,14H,3-4,9,11-12H2,1-2H3,(H,22,25). The second kappa shape index (κ2) is 8.49. The molecule has 1 amide bonds. The Morgan fingerprint density at radius 2 is 2.27 bits per heavy atom. The molecular weight excluding hydrogens is 396 g/mol. The van der Waals surface area contributed by atoms with Gasteiger partial charge in [0, 0.05) is 41.6 Å². The maximum Gasteiger partial charge on any atom is 0.225 e. The minimum Gasteiger partial charge on any atom is -0.496 e. The number of hydrogen-bond acceptors (Lipinski definition) is 5. The molecule has 1 N–H and O–H groups in total. The number of carbonyl (C=O) groups is 1. The van der Waals surface area contributed by atoms with E-state index >= 15 is 0 Å². The Kier molecular flexibility index (Phi) is 6.08. The van der Waals surface area contributed by atoms with Crippen molar-refractivity contribution >= 4 is 27.8 Å². The lowest BCUT2D eigenvalue weighted by Gasteiger charge is -2.32. The van der Waals surface area contributed by atoms with Gasteiger partial charge in [-0.15, -0.1) is 0 Å². The highest BCUT2D eigenvalue weighted by molar-refractivity contribution is 9.10. The van der Waals surface area contributed by atoms with Crippen LogP contribution in [0.2, 0.25) is 0 Å². The van der Waals surface area contributed by atoms with Crippen molar-refractivity contribution in [2.75, 3.05) is 25.1 Å². The van der Waals surface area contributed by atoms with Gasteiger partial charge in [-0.3, -0.25) is 4.79 Å². The first-order valence-corrected chi connectivity index (χ1v) is 9.51. The molecule has 1 saturated heterocycles. The molecule has 0 bridgehead atoms. The third kappa shape index (κ3) is 4.52. The Balaban J connectivity index is 1.62. The van der Waals surface area contributed by atoms with E-state index in [1.807, 2.05) is 31.2 Å². The number of aromatic nitrogens is 2. The van der Waals surface area contributed by atoms with Crippen molar-refractivity contribution in [2.45, 2.75) is 26.3 Å². The van der Waals surface area contributed by atoms with E-state index in [9.17, 15) is 4.79 Å². The summed E-state index contributed by atoms with van der Waals surface area (Å²) in [4.78, 5) is 23.6. The van der Waals surface area contributed by atoms with Gasteiger partial charge in [-0.05, 0) is 44.0 Å². The molecule has 2 heterocycles. The van der Waals surface area contributed by atoms with Gasteiger partial charge in [0.2, 0.25) is 11.9 Å². The topological polar surface area (TPSA) is 67.3 Å². The van der Waals surface area contributed by atoms with Crippen LogP contribution in [0.15, 0.2) is 34.9 Å². The normalized spacial score (nSPS) is 17.0.